The van der Waals surface area contributed by atoms with E-state index in [4.69, 9.17) is 9.63 Å². The molecule has 0 saturated carbocycles. The van der Waals surface area contributed by atoms with Crippen LogP contribution >= 0.6 is 0 Å². The van der Waals surface area contributed by atoms with Gasteiger partial charge in [0.25, 0.3) is 0 Å². The Morgan fingerprint density at radius 2 is 2.00 bits per heavy atom. The third-order valence-electron chi connectivity index (χ3n) is 4.51. The lowest BCUT2D eigenvalue weighted by atomic mass is 10.2. The van der Waals surface area contributed by atoms with Crippen LogP contribution in [0.5, 0.6) is 0 Å². The minimum atomic E-state index is 0.0896. The summed E-state index contributed by atoms with van der Waals surface area (Å²) in [5.74, 6) is 1.03. The Kier molecular flexibility index (Phi) is 6.56. The van der Waals surface area contributed by atoms with E-state index in [9.17, 15) is 4.79 Å². The molecule has 0 spiro atoms. The van der Waals surface area contributed by atoms with Gasteiger partial charge in [0.2, 0.25) is 5.91 Å². The van der Waals surface area contributed by atoms with Gasteiger partial charge in [0.05, 0.1) is 18.8 Å². The number of likely N-dealkylation sites (N-methyl/N-ethyl adjacent to an activating group) is 1. The Morgan fingerprint density at radius 3 is 2.52 bits per heavy atom. The van der Waals surface area contributed by atoms with Gasteiger partial charge in [-0.15, -0.1) is 0 Å². The number of rotatable bonds is 7. The van der Waals surface area contributed by atoms with Crippen molar-refractivity contribution in [3.05, 3.63) is 17.0 Å². The first kappa shape index (κ1) is 17.9. The molecule has 2 rings (SSSR count). The van der Waals surface area contributed by atoms with Crippen molar-refractivity contribution in [1.82, 2.24) is 19.9 Å². The van der Waals surface area contributed by atoms with Crippen molar-refractivity contribution < 1.29 is 14.4 Å². The van der Waals surface area contributed by atoms with Crippen molar-refractivity contribution in [2.24, 2.45) is 0 Å². The minimum absolute atomic E-state index is 0.0896. The highest BCUT2D eigenvalue weighted by Crippen LogP contribution is 2.16. The van der Waals surface area contributed by atoms with Crippen LogP contribution in [0, 0.1) is 13.8 Å². The van der Waals surface area contributed by atoms with Crippen LogP contribution in [-0.2, 0) is 11.3 Å². The van der Waals surface area contributed by atoms with Crippen molar-refractivity contribution >= 4 is 5.91 Å². The number of aliphatic hydroxyl groups is 1. The Bertz CT molecular complexity index is 490. The number of aliphatic hydroxyl groups excluding tert-OH is 1. The second-order valence-corrected chi connectivity index (χ2v) is 6.05. The quantitative estimate of drug-likeness (QED) is 0.775. The molecular weight excluding hydrogens is 296 g/mol. The van der Waals surface area contributed by atoms with E-state index in [0.717, 1.165) is 56.3 Å². The van der Waals surface area contributed by atoms with E-state index in [0.29, 0.717) is 13.1 Å². The molecule has 1 N–H and O–H groups in total. The van der Waals surface area contributed by atoms with Crippen LogP contribution in [0.2, 0.25) is 0 Å². The zero-order valence-corrected chi connectivity index (χ0v) is 14.4. The van der Waals surface area contributed by atoms with E-state index in [2.05, 4.69) is 10.1 Å². The molecule has 1 aliphatic heterocycles. The van der Waals surface area contributed by atoms with Gasteiger partial charge in [-0.3, -0.25) is 14.6 Å². The zero-order chi connectivity index (χ0) is 16.8. The second-order valence-electron chi connectivity index (χ2n) is 6.05. The molecular formula is C16H28N4O3. The Morgan fingerprint density at radius 1 is 1.30 bits per heavy atom. The fourth-order valence-electron chi connectivity index (χ4n) is 2.89. The monoisotopic (exact) mass is 324 g/mol. The zero-order valence-electron chi connectivity index (χ0n) is 14.4. The maximum absolute atomic E-state index is 12.3. The largest absolute Gasteiger partial charge is 0.395 e. The van der Waals surface area contributed by atoms with Crippen LogP contribution < -0.4 is 0 Å². The van der Waals surface area contributed by atoms with Crippen LogP contribution in [0.4, 0.5) is 0 Å². The van der Waals surface area contributed by atoms with Crippen LogP contribution in [0.15, 0.2) is 4.52 Å². The van der Waals surface area contributed by atoms with Gasteiger partial charge in [-0.2, -0.15) is 0 Å². The second kappa shape index (κ2) is 8.42. The van der Waals surface area contributed by atoms with Crippen LogP contribution in [-0.4, -0.2) is 83.3 Å². The number of hydrogen-bond acceptors (Lipinski definition) is 6. The summed E-state index contributed by atoms with van der Waals surface area (Å²) in [6, 6.07) is 0. The smallest absolute Gasteiger partial charge is 0.236 e. The molecule has 130 valence electrons. The van der Waals surface area contributed by atoms with E-state index in [1.54, 1.807) is 0 Å². The average molecular weight is 324 g/mol. The fraction of sp³-hybridized carbons (Fsp3) is 0.750. The molecule has 0 aromatic carbocycles. The maximum Gasteiger partial charge on any atom is 0.236 e. The highest BCUT2D eigenvalue weighted by atomic mass is 16.5. The number of carbonyl (C=O) groups is 1. The van der Waals surface area contributed by atoms with Crippen molar-refractivity contribution in [3.8, 4) is 0 Å². The molecule has 1 aliphatic rings. The molecule has 1 aromatic heterocycles. The van der Waals surface area contributed by atoms with E-state index in [1.165, 1.54) is 0 Å². The summed E-state index contributed by atoms with van der Waals surface area (Å²) < 4.78 is 5.21. The van der Waals surface area contributed by atoms with E-state index in [-0.39, 0.29) is 12.5 Å². The van der Waals surface area contributed by atoms with Crippen molar-refractivity contribution in [3.63, 3.8) is 0 Å². The van der Waals surface area contributed by atoms with Crippen molar-refractivity contribution in [1.29, 1.82) is 0 Å². The SMILES string of the molecule is CCN(CCO)CC(=O)N1CCN(Cc2c(C)noc2C)CC1. The van der Waals surface area contributed by atoms with Gasteiger partial charge in [0, 0.05) is 44.8 Å². The number of carbonyl (C=O) groups excluding carboxylic acids is 1. The molecule has 7 nitrogen and oxygen atoms in total. The normalized spacial score (nSPS) is 16.3. The number of amides is 1. The van der Waals surface area contributed by atoms with Crippen LogP contribution in [0.1, 0.15) is 23.9 Å². The Labute approximate surface area is 137 Å². The minimum Gasteiger partial charge on any atom is -0.395 e. The average Bonchev–Trinajstić information content (AvgIpc) is 2.87. The van der Waals surface area contributed by atoms with Crippen LogP contribution in [0.3, 0.4) is 0 Å². The van der Waals surface area contributed by atoms with Gasteiger partial charge < -0.3 is 14.5 Å². The molecule has 0 unspecified atom stereocenters. The topological polar surface area (TPSA) is 73.1 Å². The van der Waals surface area contributed by atoms with E-state index >= 15 is 0 Å². The van der Waals surface area contributed by atoms with Gasteiger partial charge in [-0.25, -0.2) is 0 Å². The third-order valence-corrected chi connectivity index (χ3v) is 4.51. The summed E-state index contributed by atoms with van der Waals surface area (Å²) >= 11 is 0. The fourth-order valence-corrected chi connectivity index (χ4v) is 2.89. The lowest BCUT2D eigenvalue weighted by Gasteiger charge is -2.35. The summed E-state index contributed by atoms with van der Waals surface area (Å²) in [5, 5.41) is 13.0. The van der Waals surface area contributed by atoms with E-state index < -0.39 is 0 Å². The van der Waals surface area contributed by atoms with Crippen molar-refractivity contribution in [2.45, 2.75) is 27.3 Å². The summed E-state index contributed by atoms with van der Waals surface area (Å²) in [6.45, 7) is 11.8. The van der Waals surface area contributed by atoms with Gasteiger partial charge in [0.15, 0.2) is 0 Å². The molecule has 1 saturated heterocycles. The van der Waals surface area contributed by atoms with Gasteiger partial charge in [0.1, 0.15) is 5.76 Å². The molecule has 1 amide bonds. The van der Waals surface area contributed by atoms with Crippen molar-refractivity contribution in [2.75, 3.05) is 52.4 Å². The number of aromatic nitrogens is 1. The molecule has 7 heteroatoms. The molecule has 23 heavy (non-hydrogen) atoms. The summed E-state index contributed by atoms with van der Waals surface area (Å²) in [7, 11) is 0. The predicted octanol–water partition coefficient (Wildman–Crippen LogP) is 0.250. The standard InChI is InChI=1S/C16H28N4O3/c1-4-18(9-10-21)12-16(22)20-7-5-19(6-8-20)11-15-13(2)17-23-14(15)3/h21H,4-12H2,1-3H3. The molecule has 0 atom stereocenters. The van der Waals surface area contributed by atoms with Gasteiger partial charge in [-0.1, -0.05) is 12.1 Å². The maximum atomic E-state index is 12.3. The number of hydrogen-bond donors (Lipinski definition) is 1. The first-order valence-corrected chi connectivity index (χ1v) is 8.30. The molecule has 2 heterocycles. The van der Waals surface area contributed by atoms with Gasteiger partial charge in [-0.05, 0) is 20.4 Å². The van der Waals surface area contributed by atoms with Gasteiger partial charge >= 0.3 is 0 Å². The van der Waals surface area contributed by atoms with E-state index in [1.807, 2.05) is 30.6 Å². The predicted molar refractivity (Wildman–Crippen MR) is 87.0 cm³/mol. The molecule has 0 aliphatic carbocycles. The lowest BCUT2D eigenvalue weighted by Crippen LogP contribution is -2.51. The van der Waals surface area contributed by atoms with Crippen LogP contribution in [0.25, 0.3) is 0 Å². The summed E-state index contributed by atoms with van der Waals surface area (Å²) in [5.41, 5.74) is 2.11. The summed E-state index contributed by atoms with van der Waals surface area (Å²) in [6.07, 6.45) is 0. The summed E-state index contributed by atoms with van der Waals surface area (Å²) in [4.78, 5) is 18.6. The molecule has 0 bridgehead atoms. The first-order chi connectivity index (χ1) is 11.0. The highest BCUT2D eigenvalue weighted by molar-refractivity contribution is 5.78. The third kappa shape index (κ3) is 4.76. The Balaban J connectivity index is 1.80. The lowest BCUT2D eigenvalue weighted by molar-refractivity contribution is -0.134. The number of nitrogens with zero attached hydrogens (tertiary/aromatic N) is 4. The number of piperazine rings is 1. The molecule has 1 aromatic rings. The Hall–Kier alpha value is -1.44. The molecule has 0 radical (unpaired) electrons. The number of aryl methyl sites for hydroxylation is 2. The first-order valence-electron chi connectivity index (χ1n) is 8.30. The highest BCUT2D eigenvalue weighted by Gasteiger charge is 2.23. The molecule has 1 fully saturated rings.